The van der Waals surface area contributed by atoms with Crippen molar-refractivity contribution in [3.8, 4) is 0 Å². The Labute approximate surface area is 117 Å². The van der Waals surface area contributed by atoms with Crippen molar-refractivity contribution in [2.24, 2.45) is 11.8 Å². The highest BCUT2D eigenvalue weighted by atomic mass is 16.5. The quantitative estimate of drug-likeness (QED) is 0.767. The number of ketones is 1. The van der Waals surface area contributed by atoms with Crippen LogP contribution < -0.4 is 0 Å². The summed E-state index contributed by atoms with van der Waals surface area (Å²) < 4.78 is 5.47. The summed E-state index contributed by atoms with van der Waals surface area (Å²) in [6, 6.07) is 0. The van der Waals surface area contributed by atoms with E-state index >= 15 is 0 Å². The molecule has 0 N–H and O–H groups in total. The number of nitrogens with zero attached hydrogens (tertiary/aromatic N) is 1. The van der Waals surface area contributed by atoms with Gasteiger partial charge in [0.1, 0.15) is 5.78 Å². The van der Waals surface area contributed by atoms with Gasteiger partial charge in [-0.3, -0.25) is 4.79 Å². The lowest BCUT2D eigenvalue weighted by atomic mass is 9.78. The number of hydrogen-bond donors (Lipinski definition) is 0. The largest absolute Gasteiger partial charge is 0.380 e. The SMILES string of the molecule is CCCC1CCC(=O)C(CN2CCCC(OC)C2)C1. The van der Waals surface area contributed by atoms with E-state index in [1.54, 1.807) is 7.11 Å². The lowest BCUT2D eigenvalue weighted by Crippen LogP contribution is -2.44. The maximum atomic E-state index is 12.1. The fourth-order valence-corrected chi connectivity index (χ4v) is 3.73. The topological polar surface area (TPSA) is 29.5 Å². The molecule has 1 heterocycles. The van der Waals surface area contributed by atoms with E-state index in [2.05, 4.69) is 11.8 Å². The van der Waals surface area contributed by atoms with Gasteiger partial charge in [-0.05, 0) is 38.1 Å². The Bertz CT molecular complexity index is 292. The first-order valence-electron chi connectivity index (χ1n) is 8.00. The molecule has 1 saturated heterocycles. The number of hydrogen-bond acceptors (Lipinski definition) is 3. The molecule has 3 heteroatoms. The minimum absolute atomic E-state index is 0.293. The van der Waals surface area contributed by atoms with Crippen molar-refractivity contribution in [3.05, 3.63) is 0 Å². The molecule has 1 aliphatic carbocycles. The van der Waals surface area contributed by atoms with E-state index in [-0.39, 0.29) is 0 Å². The van der Waals surface area contributed by atoms with E-state index in [9.17, 15) is 4.79 Å². The second-order valence-corrected chi connectivity index (χ2v) is 6.35. The molecule has 0 aromatic heterocycles. The molecular weight excluding hydrogens is 238 g/mol. The minimum Gasteiger partial charge on any atom is -0.380 e. The van der Waals surface area contributed by atoms with Gasteiger partial charge in [0, 0.05) is 32.5 Å². The third kappa shape index (κ3) is 4.28. The highest BCUT2D eigenvalue weighted by Gasteiger charge is 2.31. The highest BCUT2D eigenvalue weighted by molar-refractivity contribution is 5.81. The first-order valence-corrected chi connectivity index (χ1v) is 8.00. The lowest BCUT2D eigenvalue weighted by molar-refractivity contribution is -0.126. The minimum atomic E-state index is 0.293. The summed E-state index contributed by atoms with van der Waals surface area (Å²) in [5.74, 6) is 1.59. The van der Waals surface area contributed by atoms with Crippen LogP contribution in [0.5, 0.6) is 0 Å². The van der Waals surface area contributed by atoms with Crippen LogP contribution in [0.1, 0.15) is 51.9 Å². The highest BCUT2D eigenvalue weighted by Crippen LogP contribution is 2.30. The Morgan fingerprint density at radius 1 is 1.37 bits per heavy atom. The van der Waals surface area contributed by atoms with Crippen LogP contribution in [0, 0.1) is 11.8 Å². The summed E-state index contributed by atoms with van der Waals surface area (Å²) >= 11 is 0. The van der Waals surface area contributed by atoms with Gasteiger partial charge in [-0.15, -0.1) is 0 Å². The van der Waals surface area contributed by atoms with Gasteiger partial charge in [-0.25, -0.2) is 0 Å². The van der Waals surface area contributed by atoms with Crippen molar-refractivity contribution < 1.29 is 9.53 Å². The fourth-order valence-electron chi connectivity index (χ4n) is 3.73. The molecule has 0 aromatic carbocycles. The first kappa shape index (κ1) is 15.0. The van der Waals surface area contributed by atoms with Crippen LogP contribution in [0.3, 0.4) is 0 Å². The average molecular weight is 267 g/mol. The molecule has 0 spiro atoms. The van der Waals surface area contributed by atoms with Gasteiger partial charge in [0.25, 0.3) is 0 Å². The average Bonchev–Trinajstić information content (AvgIpc) is 2.43. The second kappa shape index (κ2) is 7.39. The monoisotopic (exact) mass is 267 g/mol. The summed E-state index contributed by atoms with van der Waals surface area (Å²) in [6.45, 7) is 5.37. The van der Waals surface area contributed by atoms with Crippen LogP contribution in [0.15, 0.2) is 0 Å². The van der Waals surface area contributed by atoms with Crippen LogP contribution in [0.2, 0.25) is 0 Å². The van der Waals surface area contributed by atoms with Crippen molar-refractivity contribution in [1.29, 1.82) is 0 Å². The van der Waals surface area contributed by atoms with Crippen LogP contribution in [0.25, 0.3) is 0 Å². The number of carbonyl (C=O) groups excluding carboxylic acids is 1. The summed E-state index contributed by atoms with van der Waals surface area (Å²) in [6.07, 6.45) is 8.37. The number of rotatable bonds is 5. The summed E-state index contributed by atoms with van der Waals surface area (Å²) in [7, 11) is 1.80. The number of carbonyl (C=O) groups is 1. The number of likely N-dealkylation sites (tertiary alicyclic amines) is 1. The zero-order valence-electron chi connectivity index (χ0n) is 12.6. The molecule has 2 fully saturated rings. The third-order valence-corrected chi connectivity index (χ3v) is 4.84. The van der Waals surface area contributed by atoms with Crippen molar-refractivity contribution >= 4 is 5.78 Å². The first-order chi connectivity index (χ1) is 9.22. The van der Waals surface area contributed by atoms with Crippen molar-refractivity contribution in [2.45, 2.75) is 58.0 Å². The van der Waals surface area contributed by atoms with Crippen molar-refractivity contribution in [3.63, 3.8) is 0 Å². The van der Waals surface area contributed by atoms with Crippen LogP contribution >= 0.6 is 0 Å². The predicted octanol–water partition coefficient (Wildman–Crippen LogP) is 2.88. The van der Waals surface area contributed by atoms with Crippen molar-refractivity contribution in [2.75, 3.05) is 26.7 Å². The van der Waals surface area contributed by atoms with Gasteiger partial charge >= 0.3 is 0 Å². The molecule has 19 heavy (non-hydrogen) atoms. The molecule has 3 nitrogen and oxygen atoms in total. The molecule has 1 saturated carbocycles. The molecule has 110 valence electrons. The molecule has 1 aliphatic heterocycles. The van der Waals surface area contributed by atoms with Gasteiger partial charge in [-0.2, -0.15) is 0 Å². The smallest absolute Gasteiger partial charge is 0.137 e. The summed E-state index contributed by atoms with van der Waals surface area (Å²) in [4.78, 5) is 14.6. The maximum Gasteiger partial charge on any atom is 0.137 e. The Hall–Kier alpha value is -0.410. The Kier molecular flexibility index (Phi) is 5.83. The number of Topliss-reactive ketones (excluding diaryl/α,β-unsaturated/α-hetero) is 1. The molecule has 0 radical (unpaired) electrons. The molecule has 2 rings (SSSR count). The summed E-state index contributed by atoms with van der Waals surface area (Å²) in [5, 5.41) is 0. The lowest BCUT2D eigenvalue weighted by Gasteiger charge is -2.36. The van der Waals surface area contributed by atoms with E-state index in [4.69, 9.17) is 4.74 Å². The molecule has 3 atom stereocenters. The van der Waals surface area contributed by atoms with Gasteiger partial charge in [-0.1, -0.05) is 19.8 Å². The Morgan fingerprint density at radius 3 is 2.95 bits per heavy atom. The maximum absolute atomic E-state index is 12.1. The number of ether oxygens (including phenoxy) is 1. The molecule has 0 aromatic rings. The normalized spacial score (nSPS) is 33.6. The van der Waals surface area contributed by atoms with E-state index < -0.39 is 0 Å². The third-order valence-electron chi connectivity index (χ3n) is 4.84. The van der Waals surface area contributed by atoms with Gasteiger partial charge in [0.15, 0.2) is 0 Å². The molecule has 2 aliphatic rings. The number of piperidine rings is 1. The van der Waals surface area contributed by atoms with Crippen molar-refractivity contribution in [1.82, 2.24) is 4.90 Å². The van der Waals surface area contributed by atoms with Gasteiger partial charge in [0.05, 0.1) is 6.10 Å². The van der Waals surface area contributed by atoms with Gasteiger partial charge in [0.2, 0.25) is 0 Å². The molecule has 0 bridgehead atoms. The van der Waals surface area contributed by atoms with E-state index in [0.717, 1.165) is 44.8 Å². The van der Waals surface area contributed by atoms with E-state index in [0.29, 0.717) is 17.8 Å². The van der Waals surface area contributed by atoms with E-state index in [1.807, 2.05) is 0 Å². The zero-order valence-corrected chi connectivity index (χ0v) is 12.6. The predicted molar refractivity (Wildman–Crippen MR) is 77.2 cm³/mol. The molecular formula is C16H29NO2. The standard InChI is InChI=1S/C16H29NO2/c1-3-5-13-7-8-16(18)14(10-13)11-17-9-4-6-15(12-17)19-2/h13-15H,3-12H2,1-2H3. The molecule has 0 amide bonds. The Balaban J connectivity index is 1.84. The molecule has 3 unspecified atom stereocenters. The van der Waals surface area contributed by atoms with Crippen LogP contribution in [0.4, 0.5) is 0 Å². The van der Waals surface area contributed by atoms with Gasteiger partial charge < -0.3 is 9.64 Å². The Morgan fingerprint density at radius 2 is 2.21 bits per heavy atom. The van der Waals surface area contributed by atoms with Crippen LogP contribution in [-0.4, -0.2) is 43.5 Å². The zero-order chi connectivity index (χ0) is 13.7. The van der Waals surface area contributed by atoms with Crippen LogP contribution in [-0.2, 0) is 9.53 Å². The second-order valence-electron chi connectivity index (χ2n) is 6.35. The fraction of sp³-hybridized carbons (Fsp3) is 0.938. The number of methoxy groups -OCH3 is 1. The summed E-state index contributed by atoms with van der Waals surface area (Å²) in [5.41, 5.74) is 0. The van der Waals surface area contributed by atoms with E-state index in [1.165, 1.54) is 25.7 Å².